The van der Waals surface area contributed by atoms with Gasteiger partial charge in [-0.05, 0) is 50.4 Å². The predicted octanol–water partition coefficient (Wildman–Crippen LogP) is 3.37. The summed E-state index contributed by atoms with van der Waals surface area (Å²) in [6, 6.07) is 1.83. The molecule has 2 saturated heterocycles. The van der Waals surface area contributed by atoms with Crippen LogP contribution in [0.5, 0.6) is 0 Å². The van der Waals surface area contributed by atoms with E-state index in [-0.39, 0.29) is 12.4 Å². The van der Waals surface area contributed by atoms with Crippen LogP contribution in [-0.2, 0) is 4.79 Å². The molecular formula is C17H31ClN2O. The van der Waals surface area contributed by atoms with E-state index in [1.807, 2.05) is 7.05 Å². The third kappa shape index (κ3) is 4.13. The number of piperidine rings is 1. The third-order valence-corrected chi connectivity index (χ3v) is 5.90. The van der Waals surface area contributed by atoms with Crippen LogP contribution >= 0.6 is 12.4 Å². The van der Waals surface area contributed by atoms with Gasteiger partial charge < -0.3 is 10.2 Å². The van der Waals surface area contributed by atoms with Crippen LogP contribution in [0.2, 0.25) is 0 Å². The van der Waals surface area contributed by atoms with Crippen molar-refractivity contribution in [1.82, 2.24) is 10.2 Å². The summed E-state index contributed by atoms with van der Waals surface area (Å²) >= 11 is 0. The number of halogens is 1. The van der Waals surface area contributed by atoms with Crippen LogP contribution in [0.3, 0.4) is 0 Å². The molecule has 122 valence electrons. The summed E-state index contributed by atoms with van der Waals surface area (Å²) in [6.07, 6.45) is 10.9. The van der Waals surface area contributed by atoms with Gasteiger partial charge in [0.05, 0.1) is 0 Å². The van der Waals surface area contributed by atoms with Gasteiger partial charge in [0.1, 0.15) is 0 Å². The number of carbonyl (C=O) groups excluding carboxylic acids is 1. The van der Waals surface area contributed by atoms with E-state index in [0.29, 0.717) is 30.0 Å². The molecule has 3 aliphatic rings. The molecule has 2 bridgehead atoms. The summed E-state index contributed by atoms with van der Waals surface area (Å²) in [4.78, 5) is 14.6. The molecule has 0 radical (unpaired) electrons. The lowest BCUT2D eigenvalue weighted by Crippen LogP contribution is -2.49. The quantitative estimate of drug-likeness (QED) is 0.866. The average molecular weight is 315 g/mol. The molecule has 0 spiro atoms. The molecule has 0 aromatic carbocycles. The Morgan fingerprint density at radius 3 is 2.38 bits per heavy atom. The van der Waals surface area contributed by atoms with Crippen LogP contribution in [0, 0.1) is 11.8 Å². The topological polar surface area (TPSA) is 32.3 Å². The lowest BCUT2D eigenvalue weighted by molar-refractivity contribution is -0.134. The number of hydrogen-bond acceptors (Lipinski definition) is 2. The van der Waals surface area contributed by atoms with Gasteiger partial charge in [-0.1, -0.05) is 19.8 Å². The second-order valence-corrected chi connectivity index (χ2v) is 7.61. The normalized spacial score (nSPS) is 38.7. The van der Waals surface area contributed by atoms with Crippen molar-refractivity contribution in [3.05, 3.63) is 0 Å². The number of fused-ring (bicyclic) bond motifs is 2. The number of carbonyl (C=O) groups is 1. The summed E-state index contributed by atoms with van der Waals surface area (Å²) in [7, 11) is 2.05. The number of amides is 1. The van der Waals surface area contributed by atoms with Crippen molar-refractivity contribution >= 4 is 18.3 Å². The van der Waals surface area contributed by atoms with Crippen molar-refractivity contribution in [2.24, 2.45) is 11.8 Å². The van der Waals surface area contributed by atoms with Gasteiger partial charge in [0.15, 0.2) is 0 Å². The fourth-order valence-corrected chi connectivity index (χ4v) is 4.68. The summed E-state index contributed by atoms with van der Waals surface area (Å²) in [5.41, 5.74) is 0. The minimum absolute atomic E-state index is 0. The molecule has 2 heterocycles. The Bertz CT molecular complexity index is 351. The monoisotopic (exact) mass is 314 g/mol. The fourth-order valence-electron chi connectivity index (χ4n) is 4.68. The molecule has 21 heavy (non-hydrogen) atoms. The van der Waals surface area contributed by atoms with Crippen LogP contribution in [-0.4, -0.2) is 36.0 Å². The lowest BCUT2D eigenvalue weighted by atomic mass is 9.80. The van der Waals surface area contributed by atoms with E-state index in [1.165, 1.54) is 51.4 Å². The van der Waals surface area contributed by atoms with Crippen LogP contribution in [0.1, 0.15) is 64.7 Å². The minimum atomic E-state index is 0. The SMILES string of the molecule is CC1CCCC(CC(=O)N(C)C2CC3CCC(C2)N3)C1.Cl. The van der Waals surface area contributed by atoms with E-state index < -0.39 is 0 Å². The molecule has 3 nitrogen and oxygen atoms in total. The van der Waals surface area contributed by atoms with Crippen molar-refractivity contribution in [2.45, 2.75) is 82.8 Å². The van der Waals surface area contributed by atoms with E-state index >= 15 is 0 Å². The molecular weight excluding hydrogens is 284 g/mol. The Kier molecular flexibility index (Phi) is 5.96. The predicted molar refractivity (Wildman–Crippen MR) is 88.7 cm³/mol. The highest BCUT2D eigenvalue weighted by Gasteiger charge is 2.36. The molecule has 4 heteroatoms. The van der Waals surface area contributed by atoms with E-state index in [2.05, 4.69) is 17.1 Å². The first-order valence-corrected chi connectivity index (χ1v) is 8.63. The van der Waals surface area contributed by atoms with E-state index in [0.717, 1.165) is 12.3 Å². The Morgan fingerprint density at radius 1 is 1.10 bits per heavy atom. The summed E-state index contributed by atoms with van der Waals surface area (Å²) < 4.78 is 0. The zero-order chi connectivity index (χ0) is 14.1. The first-order chi connectivity index (χ1) is 9.61. The highest BCUT2D eigenvalue weighted by molar-refractivity contribution is 5.85. The van der Waals surface area contributed by atoms with Crippen LogP contribution in [0.25, 0.3) is 0 Å². The van der Waals surface area contributed by atoms with Crippen molar-refractivity contribution < 1.29 is 4.79 Å². The smallest absolute Gasteiger partial charge is 0.222 e. The van der Waals surface area contributed by atoms with Gasteiger partial charge in [-0.3, -0.25) is 4.79 Å². The fraction of sp³-hybridized carbons (Fsp3) is 0.941. The van der Waals surface area contributed by atoms with Crippen LogP contribution < -0.4 is 5.32 Å². The van der Waals surface area contributed by atoms with E-state index in [9.17, 15) is 4.79 Å². The van der Waals surface area contributed by atoms with Gasteiger partial charge >= 0.3 is 0 Å². The van der Waals surface area contributed by atoms with Gasteiger partial charge in [-0.25, -0.2) is 0 Å². The molecule has 4 atom stereocenters. The van der Waals surface area contributed by atoms with Gasteiger partial charge in [0.2, 0.25) is 5.91 Å². The molecule has 4 unspecified atom stereocenters. The van der Waals surface area contributed by atoms with Crippen LogP contribution in [0.15, 0.2) is 0 Å². The Hall–Kier alpha value is -0.280. The van der Waals surface area contributed by atoms with E-state index in [1.54, 1.807) is 0 Å². The Balaban J connectivity index is 0.00000161. The van der Waals surface area contributed by atoms with Gasteiger partial charge in [-0.15, -0.1) is 12.4 Å². The summed E-state index contributed by atoms with van der Waals surface area (Å²) in [6.45, 7) is 2.34. The van der Waals surface area contributed by atoms with Gasteiger partial charge in [-0.2, -0.15) is 0 Å². The summed E-state index contributed by atoms with van der Waals surface area (Å²) in [5, 5.41) is 3.66. The van der Waals surface area contributed by atoms with Crippen molar-refractivity contribution in [3.63, 3.8) is 0 Å². The first kappa shape index (κ1) is 17.1. The zero-order valence-corrected chi connectivity index (χ0v) is 14.3. The molecule has 1 saturated carbocycles. The number of hydrogen-bond donors (Lipinski definition) is 1. The molecule has 3 fully saturated rings. The Labute approximate surface area is 135 Å². The number of nitrogens with zero attached hydrogens (tertiary/aromatic N) is 1. The number of rotatable bonds is 3. The minimum Gasteiger partial charge on any atom is -0.343 e. The Morgan fingerprint density at radius 2 is 1.76 bits per heavy atom. The third-order valence-electron chi connectivity index (χ3n) is 5.90. The van der Waals surface area contributed by atoms with E-state index in [4.69, 9.17) is 0 Å². The molecule has 2 aliphatic heterocycles. The van der Waals surface area contributed by atoms with Gasteiger partial charge in [0, 0.05) is 31.6 Å². The maximum Gasteiger partial charge on any atom is 0.222 e. The van der Waals surface area contributed by atoms with Crippen molar-refractivity contribution in [2.75, 3.05) is 7.05 Å². The summed E-state index contributed by atoms with van der Waals surface area (Å²) in [5.74, 6) is 1.86. The second kappa shape index (κ2) is 7.32. The largest absolute Gasteiger partial charge is 0.343 e. The molecule has 1 aliphatic carbocycles. The zero-order valence-electron chi connectivity index (χ0n) is 13.5. The standard InChI is InChI=1S/C17H30N2O.ClH/c1-12-4-3-5-13(8-12)9-17(20)19(2)16-10-14-6-7-15(11-16)18-14;/h12-16,18H,3-11H2,1-2H3;1H. The molecule has 0 aromatic rings. The molecule has 1 N–H and O–H groups in total. The average Bonchev–Trinajstić information content (AvgIpc) is 2.76. The highest BCUT2D eigenvalue weighted by Crippen LogP contribution is 2.33. The second-order valence-electron chi connectivity index (χ2n) is 7.61. The molecule has 1 amide bonds. The number of nitrogens with one attached hydrogen (secondary N) is 1. The van der Waals surface area contributed by atoms with Crippen LogP contribution in [0.4, 0.5) is 0 Å². The van der Waals surface area contributed by atoms with Crippen molar-refractivity contribution in [3.8, 4) is 0 Å². The van der Waals surface area contributed by atoms with Gasteiger partial charge in [0.25, 0.3) is 0 Å². The maximum absolute atomic E-state index is 12.6. The maximum atomic E-state index is 12.6. The first-order valence-electron chi connectivity index (χ1n) is 8.63. The molecule has 0 aromatic heterocycles. The highest BCUT2D eigenvalue weighted by atomic mass is 35.5. The lowest BCUT2D eigenvalue weighted by Gasteiger charge is -2.36. The molecule has 3 rings (SSSR count). The van der Waals surface area contributed by atoms with Crippen molar-refractivity contribution in [1.29, 1.82) is 0 Å².